The van der Waals surface area contributed by atoms with Crippen LogP contribution in [0.25, 0.3) is 22.3 Å². The first-order valence-electron chi connectivity index (χ1n) is 21.6. The van der Waals surface area contributed by atoms with E-state index in [0.717, 1.165) is 81.6 Å². The predicted molar refractivity (Wildman–Crippen MR) is 228 cm³/mol. The highest BCUT2D eigenvalue weighted by Gasteiger charge is 2.40. The Hall–Kier alpha value is -6.35. The summed E-state index contributed by atoms with van der Waals surface area (Å²) in [5.41, 5.74) is 11.6. The first-order valence-corrected chi connectivity index (χ1v) is 21.6. The zero-order chi connectivity index (χ0) is 41.6. The van der Waals surface area contributed by atoms with E-state index >= 15 is 0 Å². The number of rotatable bonds is 7. The van der Waals surface area contributed by atoms with Crippen molar-refractivity contribution in [1.82, 2.24) is 44.7 Å². The van der Waals surface area contributed by atoms with E-state index in [1.165, 1.54) is 11.9 Å². The van der Waals surface area contributed by atoms with Gasteiger partial charge in [-0.15, -0.1) is 0 Å². The van der Waals surface area contributed by atoms with Crippen LogP contribution in [0.4, 0.5) is 10.6 Å². The number of nitrogen functional groups attached to an aromatic ring is 1. The van der Waals surface area contributed by atoms with Gasteiger partial charge in [0.15, 0.2) is 5.65 Å². The number of ether oxygens (including phenoxy) is 1. The molecule has 4 fully saturated rings. The maximum absolute atomic E-state index is 14.1. The van der Waals surface area contributed by atoms with Crippen LogP contribution in [-0.2, 0) is 16.1 Å². The monoisotopic (exact) mass is 822 g/mol. The maximum atomic E-state index is 14.1. The molecule has 5 amide bonds. The number of benzene rings is 3. The van der Waals surface area contributed by atoms with Crippen LogP contribution in [-0.4, -0.2) is 114 Å². The zero-order valence-electron chi connectivity index (χ0n) is 34.1. The van der Waals surface area contributed by atoms with E-state index in [1.807, 2.05) is 75.1 Å². The molecule has 10 rings (SSSR count). The number of likely N-dealkylation sites (tertiary alicyclic amines) is 3. The molecule has 2 aromatic heterocycles. The second-order valence-electron chi connectivity index (χ2n) is 17.1. The number of piperidine rings is 4. The molecule has 5 aromatic rings. The van der Waals surface area contributed by atoms with Gasteiger partial charge in [-0.3, -0.25) is 19.7 Å². The molecule has 5 aliphatic rings. The molecule has 61 heavy (non-hydrogen) atoms. The van der Waals surface area contributed by atoms with Gasteiger partial charge >= 0.3 is 6.03 Å². The minimum atomic E-state index is -0.604. The number of hydrogen-bond donors (Lipinski definition) is 2. The van der Waals surface area contributed by atoms with Crippen LogP contribution in [0.3, 0.4) is 0 Å². The number of hydrogen-bond acceptors (Lipinski definition) is 10. The minimum absolute atomic E-state index is 0.0572. The lowest BCUT2D eigenvalue weighted by Gasteiger charge is -2.43. The van der Waals surface area contributed by atoms with E-state index in [0.29, 0.717) is 71.9 Å². The average Bonchev–Trinajstić information content (AvgIpc) is 3.85. The number of nitrogens with zero attached hydrogens (tertiary/aromatic N) is 8. The van der Waals surface area contributed by atoms with Crippen molar-refractivity contribution in [3.05, 3.63) is 95.8 Å². The van der Waals surface area contributed by atoms with Gasteiger partial charge in [0.05, 0.1) is 11.4 Å². The lowest BCUT2D eigenvalue weighted by molar-refractivity contribution is -0.136. The molecule has 2 atom stereocenters. The normalized spacial score (nSPS) is 21.8. The van der Waals surface area contributed by atoms with Gasteiger partial charge in [-0.25, -0.2) is 19.4 Å². The van der Waals surface area contributed by atoms with Crippen molar-refractivity contribution in [2.75, 3.05) is 45.0 Å². The van der Waals surface area contributed by atoms with Gasteiger partial charge in [0.1, 0.15) is 35.4 Å². The largest absolute Gasteiger partial charge is 0.457 e. The number of carbonyl (C=O) groups is 4. The number of amides is 5. The van der Waals surface area contributed by atoms with E-state index in [1.54, 1.807) is 4.90 Å². The van der Waals surface area contributed by atoms with E-state index in [9.17, 15) is 19.2 Å². The first-order chi connectivity index (χ1) is 29.8. The molecule has 0 bridgehead atoms. The summed E-state index contributed by atoms with van der Waals surface area (Å²) in [6.07, 6.45) is 7.79. The number of carbonyl (C=O) groups excluding carboxylic acids is 4. The average molecular weight is 823 g/mol. The minimum Gasteiger partial charge on any atom is -0.457 e. The van der Waals surface area contributed by atoms with Gasteiger partial charge in [-0.05, 0) is 118 Å². The lowest BCUT2D eigenvalue weighted by Crippen LogP contribution is -2.53. The van der Waals surface area contributed by atoms with Crippen molar-refractivity contribution < 1.29 is 23.9 Å². The van der Waals surface area contributed by atoms with Crippen LogP contribution in [0.1, 0.15) is 84.8 Å². The molecule has 0 radical (unpaired) electrons. The van der Waals surface area contributed by atoms with Gasteiger partial charge in [-0.1, -0.05) is 30.3 Å². The van der Waals surface area contributed by atoms with Crippen LogP contribution in [0.2, 0.25) is 0 Å². The number of anilines is 1. The molecular weight excluding hydrogens is 773 g/mol. The number of aromatic nitrogens is 4. The van der Waals surface area contributed by atoms with E-state index in [2.05, 4.69) is 32.3 Å². The molecule has 3 N–H and O–H groups in total. The molecule has 3 aromatic carbocycles. The van der Waals surface area contributed by atoms with Crippen LogP contribution in [0.5, 0.6) is 11.5 Å². The van der Waals surface area contributed by atoms with Gasteiger partial charge in [0.25, 0.3) is 5.91 Å². The fourth-order valence-electron chi connectivity index (χ4n) is 10.2. The number of imide groups is 1. The highest BCUT2D eigenvalue weighted by molar-refractivity contribution is 6.05. The lowest BCUT2D eigenvalue weighted by atomic mass is 9.86. The van der Waals surface area contributed by atoms with Crippen LogP contribution >= 0.6 is 0 Å². The zero-order valence-corrected chi connectivity index (χ0v) is 34.1. The van der Waals surface area contributed by atoms with Crippen molar-refractivity contribution in [2.45, 2.75) is 82.0 Å². The summed E-state index contributed by atoms with van der Waals surface area (Å²) in [4.78, 5) is 68.6. The second kappa shape index (κ2) is 16.3. The summed E-state index contributed by atoms with van der Waals surface area (Å²) in [6.45, 7) is 5.10. The number of nitrogens with one attached hydrogen (secondary N) is 1. The highest BCUT2D eigenvalue weighted by Crippen LogP contribution is 2.37. The fourth-order valence-corrected chi connectivity index (χ4v) is 10.2. The highest BCUT2D eigenvalue weighted by atomic mass is 16.5. The van der Waals surface area contributed by atoms with Crippen molar-refractivity contribution in [1.29, 1.82) is 0 Å². The summed E-state index contributed by atoms with van der Waals surface area (Å²) < 4.78 is 7.96. The van der Waals surface area contributed by atoms with Crippen molar-refractivity contribution in [2.24, 2.45) is 0 Å². The molecule has 0 aliphatic carbocycles. The topological polar surface area (TPSA) is 172 Å². The Morgan fingerprint density at radius 3 is 2.33 bits per heavy atom. The van der Waals surface area contributed by atoms with E-state index in [4.69, 9.17) is 15.6 Å². The maximum Gasteiger partial charge on any atom is 0.320 e. The summed E-state index contributed by atoms with van der Waals surface area (Å²) >= 11 is 0. The summed E-state index contributed by atoms with van der Waals surface area (Å²) in [5.74, 6) is 1.45. The van der Waals surface area contributed by atoms with Crippen LogP contribution < -0.4 is 15.8 Å². The molecule has 0 spiro atoms. The Bertz CT molecular complexity index is 2480. The van der Waals surface area contributed by atoms with Crippen molar-refractivity contribution in [3.63, 3.8) is 0 Å². The third-order valence-electron chi connectivity index (χ3n) is 13.4. The molecule has 4 saturated heterocycles. The van der Waals surface area contributed by atoms with Gasteiger partial charge in [-0.2, -0.15) is 5.10 Å². The number of fused-ring (bicyclic) bond motifs is 2. The standard InChI is InChI=1S/C46H50N10O5/c47-42-40-41(30-8-11-36(12-9-30)61-35-6-2-1-3-7-35)51-56(43(40)49-28-48-42)34-5-4-20-54(27-34)46(60)53-23-18-33(19-24-53)52-21-16-29(17-22-52)31-10-13-37-32(25-31)26-55(45(37)59)38-14-15-39(57)50-44(38)58/h1-3,6-13,25,28-29,33-34,38H,4-5,14-24,26-27H2,(H2,47,48,49)(H,50,57,58). The van der Waals surface area contributed by atoms with Crippen molar-refractivity contribution in [3.8, 4) is 22.8 Å². The Kier molecular flexibility index (Phi) is 10.3. The second-order valence-corrected chi connectivity index (χ2v) is 17.1. The van der Waals surface area contributed by atoms with E-state index < -0.39 is 6.04 Å². The molecule has 15 heteroatoms. The molecule has 2 unspecified atom stereocenters. The van der Waals surface area contributed by atoms with Crippen LogP contribution in [0.15, 0.2) is 79.1 Å². The first kappa shape index (κ1) is 38.8. The third kappa shape index (κ3) is 7.55. The Labute approximate surface area is 353 Å². The summed E-state index contributed by atoms with van der Waals surface area (Å²) in [7, 11) is 0. The molecule has 314 valence electrons. The molecule has 0 saturated carbocycles. The molecule has 5 aliphatic heterocycles. The molecule has 7 heterocycles. The van der Waals surface area contributed by atoms with Crippen molar-refractivity contribution >= 4 is 40.6 Å². The van der Waals surface area contributed by atoms with Gasteiger partial charge in [0.2, 0.25) is 11.8 Å². The predicted octanol–water partition coefficient (Wildman–Crippen LogP) is 5.73. The third-order valence-corrected chi connectivity index (χ3v) is 13.4. The van der Waals surface area contributed by atoms with Gasteiger partial charge < -0.3 is 30.1 Å². The molecule has 15 nitrogen and oxygen atoms in total. The molecular formula is C46H50N10O5. The summed E-state index contributed by atoms with van der Waals surface area (Å²) in [6, 6.07) is 23.5. The van der Waals surface area contributed by atoms with E-state index in [-0.39, 0.29) is 36.2 Å². The Morgan fingerprint density at radius 1 is 0.787 bits per heavy atom. The Balaban J connectivity index is 0.740. The SMILES string of the molecule is Nc1ncnc2c1c(-c1ccc(Oc3ccccc3)cc1)nn2C1CCCN(C(=O)N2CCC(N3CCC(c4ccc5c(c4)CN(C4CCC(=O)NC4=O)C5=O)CC3)CC2)C1. The van der Waals surface area contributed by atoms with Gasteiger partial charge in [0, 0.05) is 56.3 Å². The smallest absolute Gasteiger partial charge is 0.320 e. The quantitative estimate of drug-likeness (QED) is 0.193. The Morgan fingerprint density at radius 2 is 1.56 bits per heavy atom. The van der Waals surface area contributed by atoms with Crippen LogP contribution in [0, 0.1) is 0 Å². The number of para-hydroxylation sites is 1. The number of urea groups is 1. The summed E-state index contributed by atoms with van der Waals surface area (Å²) in [5, 5.41) is 8.18. The number of nitrogens with two attached hydrogens (primary N) is 1. The fraction of sp³-hybridized carbons (Fsp3) is 0.413.